The first kappa shape index (κ1) is 20.6. The molecule has 7 heteroatoms. The predicted molar refractivity (Wildman–Crippen MR) is 116 cm³/mol. The molecular formula is C22H23ClN4O2. The highest BCUT2D eigenvalue weighted by atomic mass is 35.5. The third-order valence-electron chi connectivity index (χ3n) is 4.45. The van der Waals surface area contributed by atoms with E-state index in [1.165, 1.54) is 11.8 Å². The number of rotatable bonds is 7. The number of aromatic nitrogens is 2. The van der Waals surface area contributed by atoms with Crippen LogP contribution in [-0.2, 0) is 16.1 Å². The maximum atomic E-state index is 12.3. The van der Waals surface area contributed by atoms with Gasteiger partial charge in [0, 0.05) is 5.69 Å². The Labute approximate surface area is 175 Å². The molecule has 2 aromatic carbocycles. The number of benzene rings is 2. The number of anilines is 1. The average molecular weight is 411 g/mol. The van der Waals surface area contributed by atoms with Gasteiger partial charge in [0.1, 0.15) is 5.15 Å². The number of amides is 1. The molecule has 0 fully saturated rings. The Hall–Kier alpha value is -3.12. The van der Waals surface area contributed by atoms with Crippen molar-refractivity contribution in [1.82, 2.24) is 9.78 Å². The molecule has 1 aromatic heterocycles. The molecule has 3 rings (SSSR count). The Morgan fingerprint density at radius 1 is 1.24 bits per heavy atom. The summed E-state index contributed by atoms with van der Waals surface area (Å²) >= 11 is 6.45. The molecule has 0 saturated carbocycles. The zero-order chi connectivity index (χ0) is 20.8. The smallest absolute Gasteiger partial charge is 0.267 e. The fraction of sp³-hybridized carbons (Fsp3) is 0.227. The number of carbonyl (C=O) groups excluding carboxylic acids is 1. The lowest BCUT2D eigenvalue weighted by molar-refractivity contribution is -0.126. The molecule has 1 amide bonds. The number of hydrogen-bond acceptors (Lipinski definition) is 4. The Balaban J connectivity index is 1.63. The van der Waals surface area contributed by atoms with E-state index in [9.17, 15) is 4.79 Å². The number of carbonyl (C=O) groups is 1. The van der Waals surface area contributed by atoms with Gasteiger partial charge in [-0.2, -0.15) is 5.10 Å². The van der Waals surface area contributed by atoms with Crippen LogP contribution in [0.25, 0.3) is 5.69 Å². The highest BCUT2D eigenvalue weighted by molar-refractivity contribution is 6.32. The largest absolute Gasteiger partial charge is 0.383 e. The number of nitrogens with one attached hydrogen (secondary N) is 1. The van der Waals surface area contributed by atoms with Crippen LogP contribution in [-0.4, -0.2) is 28.0 Å². The molecule has 0 bridgehead atoms. The third kappa shape index (κ3) is 5.03. The summed E-state index contributed by atoms with van der Waals surface area (Å²) < 4.78 is 1.63. The second-order valence-corrected chi connectivity index (χ2v) is 6.92. The average Bonchev–Trinajstić information content (AvgIpc) is 3.03. The SMILES string of the molecule is CCc1ccc(NC(=O)C(C)ON=Cc2c(C)nn(-c3ccccc3)c2Cl)cc1. The van der Waals surface area contributed by atoms with Crippen LogP contribution >= 0.6 is 11.6 Å². The molecule has 3 aromatic rings. The van der Waals surface area contributed by atoms with E-state index < -0.39 is 6.10 Å². The summed E-state index contributed by atoms with van der Waals surface area (Å²) in [7, 11) is 0. The van der Waals surface area contributed by atoms with Gasteiger partial charge in [-0.15, -0.1) is 0 Å². The van der Waals surface area contributed by atoms with E-state index in [2.05, 4.69) is 22.5 Å². The molecule has 1 N–H and O–H groups in total. The van der Waals surface area contributed by atoms with Gasteiger partial charge in [-0.05, 0) is 50.1 Å². The molecule has 0 aliphatic rings. The second-order valence-electron chi connectivity index (χ2n) is 6.56. The van der Waals surface area contributed by atoms with Gasteiger partial charge in [0.2, 0.25) is 6.10 Å². The van der Waals surface area contributed by atoms with Crippen LogP contribution in [0.2, 0.25) is 5.15 Å². The van der Waals surface area contributed by atoms with E-state index in [0.717, 1.165) is 17.8 Å². The van der Waals surface area contributed by atoms with E-state index in [-0.39, 0.29) is 5.91 Å². The maximum Gasteiger partial charge on any atom is 0.267 e. The standard InChI is InChI=1S/C22H23ClN4O2/c1-4-17-10-12-18(13-11-17)25-22(28)16(3)29-24-14-20-15(2)26-27(21(20)23)19-8-6-5-7-9-19/h5-14,16H,4H2,1-3H3,(H,25,28). The van der Waals surface area contributed by atoms with Crippen LogP contribution in [0.5, 0.6) is 0 Å². The fourth-order valence-corrected chi connectivity index (χ4v) is 3.01. The van der Waals surface area contributed by atoms with Gasteiger partial charge < -0.3 is 10.2 Å². The van der Waals surface area contributed by atoms with Gasteiger partial charge in [-0.25, -0.2) is 4.68 Å². The van der Waals surface area contributed by atoms with Gasteiger partial charge in [0.05, 0.1) is 23.2 Å². The molecule has 150 valence electrons. The number of para-hydroxylation sites is 1. The zero-order valence-corrected chi connectivity index (χ0v) is 17.3. The van der Waals surface area contributed by atoms with Crippen molar-refractivity contribution >= 4 is 29.4 Å². The minimum atomic E-state index is -0.764. The van der Waals surface area contributed by atoms with E-state index in [1.807, 2.05) is 61.5 Å². The van der Waals surface area contributed by atoms with Gasteiger partial charge >= 0.3 is 0 Å². The van der Waals surface area contributed by atoms with Crippen LogP contribution in [0.1, 0.15) is 30.7 Å². The van der Waals surface area contributed by atoms with Crippen LogP contribution in [0, 0.1) is 6.92 Å². The number of nitrogens with zero attached hydrogens (tertiary/aromatic N) is 3. The Bertz CT molecular complexity index is 998. The van der Waals surface area contributed by atoms with E-state index in [4.69, 9.17) is 16.4 Å². The summed E-state index contributed by atoms with van der Waals surface area (Å²) in [5.41, 5.74) is 4.12. The minimum absolute atomic E-state index is 0.283. The summed E-state index contributed by atoms with van der Waals surface area (Å²) in [6, 6.07) is 17.3. The third-order valence-corrected chi connectivity index (χ3v) is 4.81. The van der Waals surface area contributed by atoms with Crippen LogP contribution in [0.3, 0.4) is 0 Å². The molecule has 6 nitrogen and oxygen atoms in total. The van der Waals surface area contributed by atoms with Gasteiger partial charge in [-0.1, -0.05) is 54.0 Å². The van der Waals surface area contributed by atoms with E-state index >= 15 is 0 Å². The summed E-state index contributed by atoms with van der Waals surface area (Å²) in [5.74, 6) is -0.283. The molecule has 0 saturated heterocycles. The molecule has 0 spiro atoms. The lowest BCUT2D eigenvalue weighted by Crippen LogP contribution is -2.26. The van der Waals surface area contributed by atoms with Crippen LogP contribution < -0.4 is 5.32 Å². The number of aryl methyl sites for hydroxylation is 2. The predicted octanol–water partition coefficient (Wildman–Crippen LogP) is 4.77. The quantitative estimate of drug-likeness (QED) is 0.450. The second kappa shape index (κ2) is 9.39. The molecule has 0 aliphatic heterocycles. The van der Waals surface area contributed by atoms with E-state index in [1.54, 1.807) is 11.6 Å². The normalized spacial score (nSPS) is 12.1. The van der Waals surface area contributed by atoms with Crippen molar-refractivity contribution in [1.29, 1.82) is 0 Å². The molecule has 1 unspecified atom stereocenters. The summed E-state index contributed by atoms with van der Waals surface area (Å²) in [6.45, 7) is 5.55. The summed E-state index contributed by atoms with van der Waals surface area (Å²) in [5, 5.41) is 11.6. The molecular weight excluding hydrogens is 388 g/mol. The molecule has 1 atom stereocenters. The van der Waals surface area contributed by atoms with Crippen LogP contribution in [0.15, 0.2) is 59.8 Å². The maximum absolute atomic E-state index is 12.3. The van der Waals surface area contributed by atoms with Crippen molar-refractivity contribution in [3.05, 3.63) is 76.6 Å². The highest BCUT2D eigenvalue weighted by Crippen LogP contribution is 2.22. The Kier molecular flexibility index (Phi) is 6.67. The Morgan fingerprint density at radius 2 is 1.93 bits per heavy atom. The first-order chi connectivity index (χ1) is 14.0. The first-order valence-corrected chi connectivity index (χ1v) is 9.77. The van der Waals surface area contributed by atoms with Gasteiger partial charge in [-0.3, -0.25) is 4.79 Å². The zero-order valence-electron chi connectivity index (χ0n) is 16.6. The van der Waals surface area contributed by atoms with Crippen molar-refractivity contribution in [2.45, 2.75) is 33.3 Å². The summed E-state index contributed by atoms with van der Waals surface area (Å²) in [4.78, 5) is 17.6. The van der Waals surface area contributed by atoms with Crippen LogP contribution in [0.4, 0.5) is 5.69 Å². The topological polar surface area (TPSA) is 68.5 Å². The van der Waals surface area contributed by atoms with Crippen molar-refractivity contribution in [2.75, 3.05) is 5.32 Å². The van der Waals surface area contributed by atoms with Gasteiger partial charge in [0.15, 0.2) is 0 Å². The fourth-order valence-electron chi connectivity index (χ4n) is 2.69. The van der Waals surface area contributed by atoms with Crippen molar-refractivity contribution in [3.63, 3.8) is 0 Å². The van der Waals surface area contributed by atoms with Crippen molar-refractivity contribution < 1.29 is 9.63 Å². The number of halogens is 1. The summed E-state index contributed by atoms with van der Waals surface area (Å²) in [6.07, 6.45) is 1.66. The lowest BCUT2D eigenvalue weighted by Gasteiger charge is -2.10. The number of hydrogen-bond donors (Lipinski definition) is 1. The highest BCUT2D eigenvalue weighted by Gasteiger charge is 2.16. The molecule has 29 heavy (non-hydrogen) atoms. The molecule has 0 radical (unpaired) electrons. The minimum Gasteiger partial charge on any atom is -0.383 e. The monoisotopic (exact) mass is 410 g/mol. The Morgan fingerprint density at radius 3 is 2.59 bits per heavy atom. The lowest BCUT2D eigenvalue weighted by atomic mass is 10.1. The van der Waals surface area contributed by atoms with Crippen molar-refractivity contribution in [3.8, 4) is 5.69 Å². The van der Waals surface area contributed by atoms with Crippen molar-refractivity contribution in [2.24, 2.45) is 5.16 Å². The number of oxime groups is 1. The molecule has 0 aliphatic carbocycles. The molecule has 1 heterocycles. The van der Waals surface area contributed by atoms with Gasteiger partial charge in [0.25, 0.3) is 5.91 Å². The van der Waals surface area contributed by atoms with E-state index in [0.29, 0.717) is 16.4 Å². The first-order valence-electron chi connectivity index (χ1n) is 9.39.